The number of benzene rings is 1. The zero-order valence-electron chi connectivity index (χ0n) is 18.0. The number of carbonyl (C=O) groups is 1. The second-order valence-corrected chi connectivity index (χ2v) is 9.42. The lowest BCUT2D eigenvalue weighted by molar-refractivity contribution is 0.248. The molecule has 172 valence electrons. The van der Waals surface area contributed by atoms with Gasteiger partial charge in [0.15, 0.2) is 9.92 Å². The summed E-state index contributed by atoms with van der Waals surface area (Å²) in [6.07, 6.45) is 3.40. The van der Waals surface area contributed by atoms with Crippen LogP contribution in [-0.4, -0.2) is 44.8 Å². The Labute approximate surface area is 190 Å². The largest absolute Gasteiger partial charge is 0.493 e. The first kappa shape index (κ1) is 21.2. The number of carbonyl (C=O) groups excluding carboxylic acids is 1. The molecule has 2 aliphatic rings. The van der Waals surface area contributed by atoms with E-state index in [1.807, 2.05) is 19.1 Å². The number of aromatic nitrogens is 3. The van der Waals surface area contributed by atoms with Crippen LogP contribution in [0.25, 0.3) is 11.1 Å². The van der Waals surface area contributed by atoms with E-state index in [9.17, 15) is 9.00 Å². The van der Waals surface area contributed by atoms with Crippen LogP contribution in [0.2, 0.25) is 0 Å². The van der Waals surface area contributed by atoms with Crippen molar-refractivity contribution < 1.29 is 23.2 Å². The molecule has 0 saturated heterocycles. The van der Waals surface area contributed by atoms with Crippen LogP contribution in [0.15, 0.2) is 45.9 Å². The minimum Gasteiger partial charge on any atom is -0.493 e. The number of urea groups is 1. The summed E-state index contributed by atoms with van der Waals surface area (Å²) in [6, 6.07) is 6.38. The van der Waals surface area contributed by atoms with Crippen LogP contribution in [0.3, 0.4) is 0 Å². The molecule has 0 fully saturated rings. The molecule has 33 heavy (non-hydrogen) atoms. The minimum atomic E-state index is -3.59. The molecule has 3 aromatic rings. The fourth-order valence-electron chi connectivity index (χ4n) is 3.93. The van der Waals surface area contributed by atoms with Gasteiger partial charge in [-0.3, -0.25) is 0 Å². The summed E-state index contributed by atoms with van der Waals surface area (Å²) in [5, 5.41) is 12.9. The van der Waals surface area contributed by atoms with Gasteiger partial charge in [-0.1, -0.05) is 0 Å². The maximum absolute atomic E-state index is 13.2. The summed E-state index contributed by atoms with van der Waals surface area (Å²) in [7, 11) is -2.07. The van der Waals surface area contributed by atoms with Crippen molar-refractivity contribution >= 4 is 21.6 Å². The fourth-order valence-corrected chi connectivity index (χ4v) is 4.92. The molecule has 5 rings (SSSR count). The topological polar surface area (TPSA) is 143 Å². The highest BCUT2D eigenvalue weighted by Crippen LogP contribution is 2.40. The predicted octanol–water partition coefficient (Wildman–Crippen LogP) is 2.60. The third kappa shape index (κ3) is 3.87. The van der Waals surface area contributed by atoms with Gasteiger partial charge >= 0.3 is 6.03 Å². The van der Waals surface area contributed by atoms with Crippen LogP contribution in [-0.2, 0) is 22.9 Å². The molecule has 0 aliphatic carbocycles. The highest BCUT2D eigenvalue weighted by atomic mass is 32.2. The molecule has 11 nitrogen and oxygen atoms in total. The highest BCUT2D eigenvalue weighted by Gasteiger charge is 2.29. The highest BCUT2D eigenvalue weighted by molar-refractivity contribution is 7.91. The Morgan fingerprint density at radius 1 is 1.39 bits per heavy atom. The monoisotopic (exact) mass is 470 g/mol. The average molecular weight is 471 g/mol. The third-order valence-electron chi connectivity index (χ3n) is 5.40. The van der Waals surface area contributed by atoms with Crippen molar-refractivity contribution in [1.29, 1.82) is 0 Å². The Kier molecular flexibility index (Phi) is 5.17. The van der Waals surface area contributed by atoms with E-state index < -0.39 is 15.9 Å². The maximum Gasteiger partial charge on any atom is 0.354 e. The van der Waals surface area contributed by atoms with Gasteiger partial charge in [-0.15, -0.1) is 4.36 Å². The van der Waals surface area contributed by atoms with Gasteiger partial charge in [-0.25, -0.2) is 23.8 Å². The van der Waals surface area contributed by atoms with E-state index in [-0.39, 0.29) is 16.9 Å². The van der Waals surface area contributed by atoms with E-state index in [4.69, 9.17) is 19.3 Å². The first-order valence-electron chi connectivity index (χ1n) is 10.2. The molecule has 1 unspecified atom stereocenters. The Morgan fingerprint density at radius 3 is 3.06 bits per heavy atom. The summed E-state index contributed by atoms with van der Waals surface area (Å²) < 4.78 is 35.0. The molecular weight excluding hydrogens is 448 g/mol. The van der Waals surface area contributed by atoms with E-state index in [2.05, 4.69) is 19.8 Å². The van der Waals surface area contributed by atoms with Gasteiger partial charge in [0.05, 0.1) is 32.1 Å². The number of fused-ring (bicyclic) bond motifs is 2. The van der Waals surface area contributed by atoms with Gasteiger partial charge in [0.25, 0.3) is 0 Å². The van der Waals surface area contributed by atoms with E-state index in [0.717, 1.165) is 16.7 Å². The number of pyridine rings is 1. The predicted molar refractivity (Wildman–Crippen MR) is 120 cm³/mol. The van der Waals surface area contributed by atoms with E-state index in [1.165, 1.54) is 13.3 Å². The van der Waals surface area contributed by atoms with Crippen LogP contribution in [0, 0.1) is 0 Å². The zero-order chi connectivity index (χ0) is 23.2. The average Bonchev–Trinajstić information content (AvgIpc) is 3.49. The first-order chi connectivity index (χ1) is 15.9. The molecule has 1 aromatic carbocycles. The second kappa shape index (κ2) is 8.05. The number of hydrogen-bond acceptors (Lipinski definition) is 7. The molecule has 2 amide bonds. The molecule has 2 aliphatic heterocycles. The first-order valence-corrected chi connectivity index (χ1v) is 11.8. The van der Waals surface area contributed by atoms with Crippen molar-refractivity contribution in [3.63, 3.8) is 0 Å². The van der Waals surface area contributed by atoms with Crippen molar-refractivity contribution in [2.45, 2.75) is 30.9 Å². The smallest absolute Gasteiger partial charge is 0.354 e. The summed E-state index contributed by atoms with van der Waals surface area (Å²) in [4.78, 5) is 17.1. The standard InChI is InChI=1S/C21H22N6O5S/c1-12-11-27-20(32-12)17(10-24-27)33(22,29)26-21(28)25-19-14(3-4-16-15(19)6-8-31-16)13-5-7-23-18(9-13)30-2/h3-5,7,9-10,12H,6,8,11H2,1-2H3,(H3,22,25,26,28,29)/t12-,33?/m1/s1. The summed E-state index contributed by atoms with van der Waals surface area (Å²) in [6.45, 7) is 2.85. The van der Waals surface area contributed by atoms with E-state index in [0.29, 0.717) is 36.9 Å². The summed E-state index contributed by atoms with van der Waals surface area (Å²) in [5.41, 5.74) is 2.82. The Morgan fingerprint density at radius 2 is 2.24 bits per heavy atom. The third-order valence-corrected chi connectivity index (χ3v) is 6.75. The molecule has 4 heterocycles. The summed E-state index contributed by atoms with van der Waals surface area (Å²) >= 11 is 0. The molecule has 0 radical (unpaired) electrons. The Balaban J connectivity index is 1.52. The van der Waals surface area contributed by atoms with Gasteiger partial charge in [0.1, 0.15) is 16.7 Å². The molecule has 0 spiro atoms. The fraction of sp³-hybridized carbons (Fsp3) is 0.286. The minimum absolute atomic E-state index is 0.0858. The number of nitrogens with zero attached hydrogens (tertiary/aromatic N) is 4. The molecule has 0 bridgehead atoms. The van der Waals surface area contributed by atoms with E-state index in [1.54, 1.807) is 23.0 Å². The van der Waals surface area contributed by atoms with Crippen molar-refractivity contribution in [3.8, 4) is 28.6 Å². The maximum atomic E-state index is 13.2. The molecular formula is C21H22N6O5S. The molecule has 12 heteroatoms. The molecule has 2 aromatic heterocycles. The Bertz CT molecular complexity index is 1380. The van der Waals surface area contributed by atoms with Crippen LogP contribution in [0.1, 0.15) is 12.5 Å². The van der Waals surface area contributed by atoms with Crippen LogP contribution in [0.4, 0.5) is 10.5 Å². The molecule has 2 atom stereocenters. The van der Waals surface area contributed by atoms with Crippen LogP contribution in [0.5, 0.6) is 17.5 Å². The Hall–Kier alpha value is -3.64. The van der Waals surface area contributed by atoms with Crippen molar-refractivity contribution in [3.05, 3.63) is 42.2 Å². The molecule has 0 saturated carbocycles. The van der Waals surface area contributed by atoms with Crippen LogP contribution >= 0.6 is 0 Å². The number of hydrogen-bond donors (Lipinski definition) is 2. The van der Waals surface area contributed by atoms with Gasteiger partial charge < -0.3 is 19.5 Å². The SMILES string of the molecule is COc1cc(-c2ccc3c(c2NC(=O)N=S(N)(=O)c2cnn4c2O[C@H](C)C4)CCO3)ccn1. The number of nitrogens with one attached hydrogen (secondary N) is 1. The number of rotatable bonds is 4. The van der Waals surface area contributed by atoms with Gasteiger partial charge in [-0.05, 0) is 30.7 Å². The number of methoxy groups -OCH3 is 1. The quantitative estimate of drug-likeness (QED) is 0.596. The van der Waals surface area contributed by atoms with Gasteiger partial charge in [-0.2, -0.15) is 5.10 Å². The number of anilines is 1. The number of ether oxygens (including phenoxy) is 3. The second-order valence-electron chi connectivity index (χ2n) is 7.66. The normalized spacial score (nSPS) is 17.8. The number of amides is 2. The lowest BCUT2D eigenvalue weighted by atomic mass is 9.99. The van der Waals surface area contributed by atoms with Crippen molar-refractivity contribution in [1.82, 2.24) is 14.8 Å². The van der Waals surface area contributed by atoms with Crippen LogP contribution < -0.4 is 24.7 Å². The van der Waals surface area contributed by atoms with Gasteiger partial charge in [0.2, 0.25) is 11.8 Å². The molecule has 3 N–H and O–H groups in total. The van der Waals surface area contributed by atoms with Gasteiger partial charge in [0, 0.05) is 29.8 Å². The number of nitrogens with two attached hydrogens (primary N) is 1. The van der Waals surface area contributed by atoms with E-state index >= 15 is 0 Å². The lowest BCUT2D eigenvalue weighted by Crippen LogP contribution is -2.19. The van der Waals surface area contributed by atoms with Crippen molar-refractivity contribution in [2.24, 2.45) is 9.50 Å². The zero-order valence-corrected chi connectivity index (χ0v) is 18.8. The van der Waals surface area contributed by atoms with Crippen molar-refractivity contribution in [2.75, 3.05) is 19.0 Å². The lowest BCUT2D eigenvalue weighted by Gasteiger charge is -2.14. The summed E-state index contributed by atoms with van der Waals surface area (Å²) in [5.74, 6) is 1.37.